The zero-order chi connectivity index (χ0) is 15.9. The van der Waals surface area contributed by atoms with Gasteiger partial charge < -0.3 is 9.15 Å². The highest BCUT2D eigenvalue weighted by Crippen LogP contribution is 2.31. The van der Waals surface area contributed by atoms with E-state index in [0.717, 1.165) is 11.8 Å². The second kappa shape index (κ2) is 5.58. The van der Waals surface area contributed by atoms with Gasteiger partial charge in [0.2, 0.25) is 0 Å². The summed E-state index contributed by atoms with van der Waals surface area (Å²) in [5.74, 6) is 0.344. The fourth-order valence-corrected chi connectivity index (χ4v) is 3.21. The first-order valence-corrected chi connectivity index (χ1v) is 7.55. The molecule has 1 amide bonds. The number of carbonyl (C=O) groups is 1. The molecule has 1 aliphatic heterocycles. The quantitative estimate of drug-likeness (QED) is 0.622. The van der Waals surface area contributed by atoms with E-state index in [4.69, 9.17) is 21.4 Å². The Hall–Kier alpha value is -2.12. The number of methoxy groups -OCH3 is 1. The minimum Gasteiger partial charge on any atom is -0.497 e. The highest BCUT2D eigenvalue weighted by molar-refractivity contribution is 8.26. The van der Waals surface area contributed by atoms with Crippen LogP contribution < -0.4 is 10.2 Å². The molecule has 0 N–H and O–H groups in total. The second-order valence-electron chi connectivity index (χ2n) is 4.62. The highest BCUT2D eigenvalue weighted by Gasteiger charge is 2.29. The van der Waals surface area contributed by atoms with Gasteiger partial charge >= 0.3 is 0 Å². The Labute approximate surface area is 135 Å². The molecule has 0 aliphatic carbocycles. The SMILES string of the molecule is COc1ccc2occ(C=C3SC(=S)N(C)C3=O)c(=O)c2c1. The van der Waals surface area contributed by atoms with Crippen LogP contribution in [0.2, 0.25) is 0 Å². The van der Waals surface area contributed by atoms with E-state index in [2.05, 4.69) is 0 Å². The van der Waals surface area contributed by atoms with Crippen molar-refractivity contribution in [3.05, 3.63) is 45.2 Å². The van der Waals surface area contributed by atoms with E-state index in [0.29, 0.717) is 31.5 Å². The van der Waals surface area contributed by atoms with Crippen LogP contribution >= 0.6 is 24.0 Å². The molecule has 5 nitrogen and oxygen atoms in total. The summed E-state index contributed by atoms with van der Waals surface area (Å²) in [7, 11) is 3.13. The van der Waals surface area contributed by atoms with Gasteiger partial charge in [-0.2, -0.15) is 0 Å². The van der Waals surface area contributed by atoms with E-state index < -0.39 is 0 Å². The van der Waals surface area contributed by atoms with Gasteiger partial charge in [0.25, 0.3) is 5.91 Å². The minimum atomic E-state index is -0.222. The molecule has 2 heterocycles. The summed E-state index contributed by atoms with van der Waals surface area (Å²) >= 11 is 6.23. The molecule has 1 aromatic heterocycles. The second-order valence-corrected chi connectivity index (χ2v) is 6.30. The Morgan fingerprint density at radius 3 is 2.77 bits per heavy atom. The van der Waals surface area contributed by atoms with Crippen LogP contribution in [-0.4, -0.2) is 29.3 Å². The molecule has 0 bridgehead atoms. The lowest BCUT2D eigenvalue weighted by atomic mass is 10.1. The number of thiocarbonyl (C=S) groups is 1. The number of fused-ring (bicyclic) bond motifs is 1. The van der Waals surface area contributed by atoms with E-state index in [1.807, 2.05) is 0 Å². The maximum atomic E-state index is 12.5. The van der Waals surface area contributed by atoms with Gasteiger partial charge in [0.1, 0.15) is 21.9 Å². The fraction of sp³-hybridized carbons (Fsp3) is 0.133. The Bertz CT molecular complexity index is 885. The predicted octanol–water partition coefficient (Wildman–Crippen LogP) is 2.63. The van der Waals surface area contributed by atoms with E-state index >= 15 is 0 Å². The van der Waals surface area contributed by atoms with Crippen molar-refractivity contribution in [2.75, 3.05) is 14.2 Å². The van der Waals surface area contributed by atoms with E-state index in [-0.39, 0.29) is 11.3 Å². The summed E-state index contributed by atoms with van der Waals surface area (Å²) < 4.78 is 11.0. The number of thioether (sulfide) groups is 1. The molecule has 1 fully saturated rings. The summed E-state index contributed by atoms with van der Waals surface area (Å²) in [6.07, 6.45) is 2.85. The maximum Gasteiger partial charge on any atom is 0.265 e. The monoisotopic (exact) mass is 333 g/mol. The number of carbonyl (C=O) groups excluding carboxylic acids is 1. The molecule has 2 aromatic rings. The standard InChI is InChI=1S/C15H11NO4S2/c1-16-14(18)12(22-15(16)21)5-8-7-20-11-4-3-9(19-2)6-10(11)13(8)17/h3-7H,1-2H3. The zero-order valence-electron chi connectivity index (χ0n) is 11.8. The Morgan fingerprint density at radius 1 is 1.36 bits per heavy atom. The molecule has 1 aliphatic rings. The largest absolute Gasteiger partial charge is 0.497 e. The summed E-state index contributed by atoms with van der Waals surface area (Å²) in [4.78, 5) is 26.3. The molecular formula is C15H11NO4S2. The van der Waals surface area contributed by atoms with Gasteiger partial charge in [0.15, 0.2) is 5.43 Å². The van der Waals surface area contributed by atoms with Crippen LogP contribution in [0.25, 0.3) is 17.0 Å². The molecule has 0 radical (unpaired) electrons. The van der Waals surface area contributed by atoms with E-state index in [1.165, 1.54) is 24.3 Å². The molecule has 3 rings (SSSR count). The third kappa shape index (κ3) is 2.42. The molecule has 0 spiro atoms. The average molecular weight is 333 g/mol. The lowest BCUT2D eigenvalue weighted by Crippen LogP contribution is -2.22. The molecule has 1 saturated heterocycles. The van der Waals surface area contributed by atoms with Crippen LogP contribution in [0.15, 0.2) is 38.6 Å². The number of hydrogen-bond acceptors (Lipinski definition) is 6. The lowest BCUT2D eigenvalue weighted by molar-refractivity contribution is -0.121. The summed E-state index contributed by atoms with van der Waals surface area (Å²) in [5.41, 5.74) is 0.544. The van der Waals surface area contributed by atoms with E-state index in [9.17, 15) is 9.59 Å². The first-order valence-electron chi connectivity index (χ1n) is 6.32. The molecular weight excluding hydrogens is 322 g/mol. The third-order valence-corrected chi connectivity index (χ3v) is 4.76. The summed E-state index contributed by atoms with van der Waals surface area (Å²) in [5, 5.41) is 0.403. The van der Waals surface area contributed by atoms with Crippen LogP contribution in [0.5, 0.6) is 5.75 Å². The van der Waals surface area contributed by atoms with Crippen molar-refractivity contribution in [1.29, 1.82) is 0 Å². The molecule has 112 valence electrons. The van der Waals surface area contributed by atoms with Crippen LogP contribution in [0.1, 0.15) is 5.56 Å². The van der Waals surface area contributed by atoms with Crippen LogP contribution in [0.3, 0.4) is 0 Å². The van der Waals surface area contributed by atoms with Crippen LogP contribution in [0, 0.1) is 0 Å². The lowest BCUT2D eigenvalue weighted by Gasteiger charge is -2.04. The highest BCUT2D eigenvalue weighted by atomic mass is 32.2. The van der Waals surface area contributed by atoms with Gasteiger partial charge in [-0.1, -0.05) is 24.0 Å². The minimum absolute atomic E-state index is 0.221. The van der Waals surface area contributed by atoms with Crippen molar-refractivity contribution in [3.63, 3.8) is 0 Å². The van der Waals surface area contributed by atoms with Gasteiger partial charge in [0.05, 0.1) is 23.0 Å². The number of amides is 1. The molecule has 0 atom stereocenters. The van der Waals surface area contributed by atoms with Crippen LogP contribution in [0.4, 0.5) is 0 Å². The molecule has 0 unspecified atom stereocenters. The topological polar surface area (TPSA) is 59.8 Å². The first kappa shape index (κ1) is 14.8. The van der Waals surface area contributed by atoms with Gasteiger partial charge in [-0.3, -0.25) is 14.5 Å². The normalized spacial score (nSPS) is 16.8. The maximum absolute atomic E-state index is 12.5. The number of likely N-dealkylation sites (N-methyl/N-ethyl adjacent to an activating group) is 1. The number of benzene rings is 1. The Kier molecular flexibility index (Phi) is 3.76. The molecule has 0 saturated carbocycles. The Balaban J connectivity index is 2.13. The smallest absolute Gasteiger partial charge is 0.265 e. The number of hydrogen-bond donors (Lipinski definition) is 0. The molecule has 7 heteroatoms. The molecule has 22 heavy (non-hydrogen) atoms. The molecule has 1 aromatic carbocycles. The van der Waals surface area contributed by atoms with Crippen LogP contribution in [-0.2, 0) is 4.79 Å². The average Bonchev–Trinajstić information content (AvgIpc) is 2.77. The fourth-order valence-electron chi connectivity index (χ4n) is 2.04. The van der Waals surface area contributed by atoms with Gasteiger partial charge in [0, 0.05) is 7.05 Å². The van der Waals surface area contributed by atoms with Crippen molar-refractivity contribution in [2.45, 2.75) is 0 Å². The van der Waals surface area contributed by atoms with Gasteiger partial charge in [-0.05, 0) is 24.3 Å². The summed E-state index contributed by atoms with van der Waals surface area (Å²) in [6.45, 7) is 0. The van der Waals surface area contributed by atoms with Crippen molar-refractivity contribution >= 4 is 51.3 Å². The van der Waals surface area contributed by atoms with Crippen molar-refractivity contribution in [2.24, 2.45) is 0 Å². The first-order chi connectivity index (χ1) is 10.5. The third-order valence-electron chi connectivity index (χ3n) is 3.28. The van der Waals surface area contributed by atoms with Crippen molar-refractivity contribution < 1.29 is 13.9 Å². The zero-order valence-corrected chi connectivity index (χ0v) is 13.4. The predicted molar refractivity (Wildman–Crippen MR) is 90.0 cm³/mol. The number of rotatable bonds is 2. The number of ether oxygens (including phenoxy) is 1. The van der Waals surface area contributed by atoms with E-state index in [1.54, 1.807) is 25.2 Å². The van der Waals surface area contributed by atoms with Gasteiger partial charge in [-0.15, -0.1) is 0 Å². The Morgan fingerprint density at radius 2 is 2.14 bits per heavy atom. The van der Waals surface area contributed by atoms with Crippen molar-refractivity contribution in [1.82, 2.24) is 4.90 Å². The summed E-state index contributed by atoms with van der Waals surface area (Å²) in [6, 6.07) is 5.00. The number of nitrogens with zero attached hydrogens (tertiary/aromatic N) is 1. The van der Waals surface area contributed by atoms with Crippen molar-refractivity contribution in [3.8, 4) is 5.75 Å². The van der Waals surface area contributed by atoms with Gasteiger partial charge in [-0.25, -0.2) is 0 Å².